The highest BCUT2D eigenvalue weighted by molar-refractivity contribution is 5.88. The van der Waals surface area contributed by atoms with Crippen molar-refractivity contribution in [1.82, 2.24) is 4.90 Å². The third kappa shape index (κ3) is 2.23. The van der Waals surface area contributed by atoms with E-state index in [0.29, 0.717) is 13.0 Å². The van der Waals surface area contributed by atoms with E-state index in [4.69, 9.17) is 5.73 Å². The van der Waals surface area contributed by atoms with Gasteiger partial charge in [-0.1, -0.05) is 31.2 Å². The van der Waals surface area contributed by atoms with Crippen LogP contribution in [0.2, 0.25) is 0 Å². The van der Waals surface area contributed by atoms with Crippen molar-refractivity contribution in [2.75, 3.05) is 6.54 Å². The van der Waals surface area contributed by atoms with Gasteiger partial charge in [0.15, 0.2) is 0 Å². The summed E-state index contributed by atoms with van der Waals surface area (Å²) < 4.78 is 0. The van der Waals surface area contributed by atoms with Crippen molar-refractivity contribution in [1.29, 1.82) is 0 Å². The lowest BCUT2D eigenvalue weighted by atomic mass is 9.92. The minimum atomic E-state index is -0.603. The van der Waals surface area contributed by atoms with E-state index >= 15 is 0 Å². The van der Waals surface area contributed by atoms with Crippen LogP contribution in [0.4, 0.5) is 0 Å². The molecule has 0 radical (unpaired) electrons. The first-order valence-electron chi connectivity index (χ1n) is 6.31. The van der Waals surface area contributed by atoms with Gasteiger partial charge in [0.25, 0.3) is 0 Å². The lowest BCUT2D eigenvalue weighted by molar-refractivity contribution is -0.140. The number of nitrogens with two attached hydrogens (primary N) is 1. The molecule has 2 rings (SSSR count). The summed E-state index contributed by atoms with van der Waals surface area (Å²) in [6.07, 6.45) is 2.03. The summed E-state index contributed by atoms with van der Waals surface area (Å²) >= 11 is 0. The first-order chi connectivity index (χ1) is 8.65. The van der Waals surface area contributed by atoms with Crippen LogP contribution in [0, 0.1) is 0 Å². The molecule has 1 heterocycles. The molecule has 2 amide bonds. The number of primary amides is 1. The van der Waals surface area contributed by atoms with Crippen LogP contribution in [0.5, 0.6) is 0 Å². The standard InChI is InChI=1S/C14H18N2O2/c1-2-5-12(17)16-9-8-10-6-3-4-7-11(10)13(16)14(15)18/h3-4,6-7,13H,2,5,8-9H2,1H3,(H2,15,18). The van der Waals surface area contributed by atoms with E-state index in [1.165, 1.54) is 0 Å². The number of carbonyl (C=O) groups excluding carboxylic acids is 2. The van der Waals surface area contributed by atoms with Crippen LogP contribution in [0.25, 0.3) is 0 Å². The molecule has 2 N–H and O–H groups in total. The molecule has 0 saturated carbocycles. The monoisotopic (exact) mass is 246 g/mol. The fourth-order valence-electron chi connectivity index (χ4n) is 2.50. The second-order valence-corrected chi connectivity index (χ2v) is 4.59. The fraction of sp³-hybridized carbons (Fsp3) is 0.429. The molecular formula is C14H18N2O2. The minimum Gasteiger partial charge on any atom is -0.368 e. The van der Waals surface area contributed by atoms with Crippen LogP contribution in [-0.4, -0.2) is 23.3 Å². The Morgan fingerprint density at radius 1 is 1.39 bits per heavy atom. The van der Waals surface area contributed by atoms with E-state index < -0.39 is 11.9 Å². The van der Waals surface area contributed by atoms with E-state index in [2.05, 4.69) is 0 Å². The third-order valence-electron chi connectivity index (χ3n) is 3.34. The van der Waals surface area contributed by atoms with Gasteiger partial charge < -0.3 is 10.6 Å². The molecule has 1 aliphatic rings. The molecule has 4 nitrogen and oxygen atoms in total. The van der Waals surface area contributed by atoms with Gasteiger partial charge in [-0.05, 0) is 24.0 Å². The molecule has 0 spiro atoms. The molecule has 0 bridgehead atoms. The Kier molecular flexibility index (Phi) is 3.65. The third-order valence-corrected chi connectivity index (χ3v) is 3.34. The molecule has 1 aromatic carbocycles. The molecule has 1 atom stereocenters. The summed E-state index contributed by atoms with van der Waals surface area (Å²) in [6, 6.07) is 7.10. The number of hydrogen-bond donors (Lipinski definition) is 1. The molecule has 0 aromatic heterocycles. The largest absolute Gasteiger partial charge is 0.368 e. The summed E-state index contributed by atoms with van der Waals surface area (Å²) in [7, 11) is 0. The zero-order valence-electron chi connectivity index (χ0n) is 10.6. The lowest BCUT2D eigenvalue weighted by Crippen LogP contribution is -2.45. The predicted molar refractivity (Wildman–Crippen MR) is 68.7 cm³/mol. The summed E-state index contributed by atoms with van der Waals surface area (Å²) in [6.45, 7) is 2.53. The smallest absolute Gasteiger partial charge is 0.244 e. The number of nitrogens with zero attached hydrogens (tertiary/aromatic N) is 1. The predicted octanol–water partition coefficient (Wildman–Crippen LogP) is 1.40. The Bertz CT molecular complexity index is 471. The van der Waals surface area contributed by atoms with Crippen molar-refractivity contribution in [2.24, 2.45) is 5.73 Å². The summed E-state index contributed by atoms with van der Waals surface area (Å²) in [5.74, 6) is -0.442. The Morgan fingerprint density at radius 3 is 2.78 bits per heavy atom. The zero-order valence-corrected chi connectivity index (χ0v) is 10.6. The average molecular weight is 246 g/mol. The van der Waals surface area contributed by atoms with Crippen LogP contribution in [0.3, 0.4) is 0 Å². The Labute approximate surface area is 107 Å². The van der Waals surface area contributed by atoms with Gasteiger partial charge in [0.2, 0.25) is 11.8 Å². The molecule has 0 saturated heterocycles. The number of benzene rings is 1. The Balaban J connectivity index is 2.35. The number of fused-ring (bicyclic) bond motifs is 1. The molecule has 1 aromatic rings. The van der Waals surface area contributed by atoms with Gasteiger partial charge in [-0.15, -0.1) is 0 Å². The van der Waals surface area contributed by atoms with Crippen LogP contribution >= 0.6 is 0 Å². The highest BCUT2D eigenvalue weighted by Crippen LogP contribution is 2.29. The molecule has 0 aliphatic carbocycles. The summed E-state index contributed by atoms with van der Waals surface area (Å²) in [5.41, 5.74) is 7.46. The van der Waals surface area contributed by atoms with Gasteiger partial charge in [-0.2, -0.15) is 0 Å². The fourth-order valence-corrected chi connectivity index (χ4v) is 2.50. The van der Waals surface area contributed by atoms with Crippen LogP contribution in [0.15, 0.2) is 24.3 Å². The minimum absolute atomic E-state index is 0.0100. The van der Waals surface area contributed by atoms with Crippen molar-refractivity contribution in [3.05, 3.63) is 35.4 Å². The topological polar surface area (TPSA) is 63.4 Å². The summed E-state index contributed by atoms with van der Waals surface area (Å²) in [5, 5.41) is 0. The van der Waals surface area contributed by atoms with Crippen LogP contribution < -0.4 is 5.73 Å². The highest BCUT2D eigenvalue weighted by atomic mass is 16.2. The number of amides is 2. The molecular weight excluding hydrogens is 228 g/mol. The van der Waals surface area contributed by atoms with Crippen molar-refractivity contribution in [3.63, 3.8) is 0 Å². The first kappa shape index (κ1) is 12.6. The number of carbonyl (C=O) groups is 2. The maximum absolute atomic E-state index is 12.0. The lowest BCUT2D eigenvalue weighted by Gasteiger charge is -2.35. The van der Waals surface area contributed by atoms with Crippen LogP contribution in [0.1, 0.15) is 36.9 Å². The van der Waals surface area contributed by atoms with Crippen LogP contribution in [-0.2, 0) is 16.0 Å². The SMILES string of the molecule is CCCC(=O)N1CCc2ccccc2C1C(N)=O. The molecule has 96 valence electrons. The van der Waals surface area contributed by atoms with Crippen molar-refractivity contribution in [2.45, 2.75) is 32.2 Å². The molecule has 4 heteroatoms. The molecule has 18 heavy (non-hydrogen) atoms. The Morgan fingerprint density at radius 2 is 2.11 bits per heavy atom. The zero-order chi connectivity index (χ0) is 13.1. The van der Waals surface area contributed by atoms with E-state index in [0.717, 1.165) is 24.0 Å². The van der Waals surface area contributed by atoms with E-state index in [-0.39, 0.29) is 5.91 Å². The number of rotatable bonds is 3. The van der Waals surface area contributed by atoms with Gasteiger partial charge in [-0.25, -0.2) is 0 Å². The van der Waals surface area contributed by atoms with E-state index in [1.54, 1.807) is 4.90 Å². The normalized spacial score (nSPS) is 18.3. The van der Waals surface area contributed by atoms with Crippen molar-refractivity contribution < 1.29 is 9.59 Å². The van der Waals surface area contributed by atoms with E-state index in [1.807, 2.05) is 31.2 Å². The Hall–Kier alpha value is -1.84. The summed E-state index contributed by atoms with van der Waals surface area (Å²) in [4.78, 5) is 25.3. The second-order valence-electron chi connectivity index (χ2n) is 4.59. The van der Waals surface area contributed by atoms with Crippen molar-refractivity contribution >= 4 is 11.8 Å². The first-order valence-corrected chi connectivity index (χ1v) is 6.31. The molecule has 1 unspecified atom stereocenters. The second kappa shape index (κ2) is 5.21. The molecule has 1 aliphatic heterocycles. The van der Waals surface area contributed by atoms with Gasteiger partial charge >= 0.3 is 0 Å². The average Bonchev–Trinajstić information content (AvgIpc) is 2.37. The quantitative estimate of drug-likeness (QED) is 0.876. The van der Waals surface area contributed by atoms with Gasteiger partial charge in [0.1, 0.15) is 6.04 Å². The van der Waals surface area contributed by atoms with Gasteiger partial charge in [0, 0.05) is 13.0 Å². The molecule has 0 fully saturated rings. The highest BCUT2D eigenvalue weighted by Gasteiger charge is 2.33. The van der Waals surface area contributed by atoms with Gasteiger partial charge in [-0.3, -0.25) is 9.59 Å². The number of hydrogen-bond acceptors (Lipinski definition) is 2. The maximum atomic E-state index is 12.0. The van der Waals surface area contributed by atoms with Crippen molar-refractivity contribution in [3.8, 4) is 0 Å². The van der Waals surface area contributed by atoms with Gasteiger partial charge in [0.05, 0.1) is 0 Å². The van der Waals surface area contributed by atoms with E-state index in [9.17, 15) is 9.59 Å². The maximum Gasteiger partial charge on any atom is 0.244 e.